The molecule has 1 aliphatic heterocycles. The first kappa shape index (κ1) is 10.0. The zero-order valence-electron chi connectivity index (χ0n) is 8.05. The Labute approximate surface area is 75.4 Å². The van der Waals surface area contributed by atoms with Crippen LogP contribution in [0.3, 0.4) is 0 Å². The van der Waals surface area contributed by atoms with Crippen molar-refractivity contribution in [2.45, 2.75) is 32.6 Å². The Bertz CT molecular complexity index is 116. The molecule has 0 aromatic heterocycles. The van der Waals surface area contributed by atoms with E-state index in [1.807, 2.05) is 0 Å². The van der Waals surface area contributed by atoms with Gasteiger partial charge in [-0.15, -0.1) is 0 Å². The van der Waals surface area contributed by atoms with Crippen LogP contribution in [0, 0.1) is 11.8 Å². The van der Waals surface area contributed by atoms with Crippen molar-refractivity contribution in [2.24, 2.45) is 11.8 Å². The van der Waals surface area contributed by atoms with Crippen LogP contribution in [0.5, 0.6) is 0 Å². The van der Waals surface area contributed by atoms with Crippen molar-refractivity contribution >= 4 is 0 Å². The van der Waals surface area contributed by atoms with Crippen LogP contribution in [0.2, 0.25) is 0 Å². The highest BCUT2D eigenvalue weighted by Crippen LogP contribution is 2.22. The maximum absolute atomic E-state index is 9.05. The van der Waals surface area contributed by atoms with Crippen molar-refractivity contribution in [1.29, 1.82) is 0 Å². The number of hydrogen-bond acceptors (Lipinski definition) is 2. The summed E-state index contributed by atoms with van der Waals surface area (Å²) in [6.07, 6.45) is 5.27. The van der Waals surface area contributed by atoms with Gasteiger partial charge in [-0.1, -0.05) is 26.2 Å². The van der Waals surface area contributed by atoms with E-state index in [-0.39, 0.29) is 0 Å². The van der Waals surface area contributed by atoms with Gasteiger partial charge >= 0.3 is 0 Å². The van der Waals surface area contributed by atoms with Crippen molar-refractivity contribution in [3.63, 3.8) is 0 Å². The highest BCUT2D eigenvalue weighted by molar-refractivity contribution is 4.80. The number of rotatable bonds is 5. The number of aliphatic hydroxyl groups is 1. The highest BCUT2D eigenvalue weighted by atomic mass is 16.3. The summed E-state index contributed by atoms with van der Waals surface area (Å²) in [5, 5.41) is 12.4. The van der Waals surface area contributed by atoms with Crippen LogP contribution in [-0.2, 0) is 0 Å². The average molecular weight is 171 g/mol. The Morgan fingerprint density at radius 1 is 1.25 bits per heavy atom. The minimum atomic E-state index is 0.365. The maximum atomic E-state index is 9.05. The lowest BCUT2D eigenvalue weighted by Crippen LogP contribution is -2.16. The van der Waals surface area contributed by atoms with Gasteiger partial charge in [-0.2, -0.15) is 0 Å². The fourth-order valence-corrected chi connectivity index (χ4v) is 2.00. The van der Waals surface area contributed by atoms with Gasteiger partial charge in [0.15, 0.2) is 0 Å². The molecular weight excluding hydrogens is 150 g/mol. The molecule has 2 unspecified atom stereocenters. The first-order chi connectivity index (χ1) is 5.88. The van der Waals surface area contributed by atoms with E-state index in [0.717, 1.165) is 19.0 Å². The van der Waals surface area contributed by atoms with Crippen molar-refractivity contribution in [1.82, 2.24) is 5.32 Å². The molecule has 0 aromatic carbocycles. The molecule has 2 nitrogen and oxygen atoms in total. The molecule has 0 saturated carbocycles. The molecule has 2 atom stereocenters. The second-order valence-corrected chi connectivity index (χ2v) is 3.86. The third-order valence-corrected chi connectivity index (χ3v) is 2.89. The van der Waals surface area contributed by atoms with E-state index in [1.165, 1.54) is 25.7 Å². The molecular formula is C10H21NO. The van der Waals surface area contributed by atoms with Crippen LogP contribution >= 0.6 is 0 Å². The van der Waals surface area contributed by atoms with Crippen LogP contribution in [0.15, 0.2) is 0 Å². The quantitative estimate of drug-likeness (QED) is 0.613. The highest BCUT2D eigenvalue weighted by Gasteiger charge is 2.25. The molecule has 1 aliphatic rings. The van der Waals surface area contributed by atoms with Gasteiger partial charge in [0.2, 0.25) is 0 Å². The standard InChI is InChI=1S/C10H21NO/c1-2-3-4-5-9-6-11-7-10(9)8-12/h9-12H,2-8H2,1H3. The molecule has 0 aromatic rings. The summed E-state index contributed by atoms with van der Waals surface area (Å²) in [6.45, 7) is 4.74. The van der Waals surface area contributed by atoms with Gasteiger partial charge in [0.1, 0.15) is 0 Å². The first-order valence-corrected chi connectivity index (χ1v) is 5.20. The van der Waals surface area contributed by atoms with Crippen LogP contribution in [0.1, 0.15) is 32.6 Å². The predicted molar refractivity (Wildman–Crippen MR) is 51.1 cm³/mol. The van der Waals surface area contributed by atoms with Gasteiger partial charge in [0.05, 0.1) is 0 Å². The molecule has 2 N–H and O–H groups in total. The lowest BCUT2D eigenvalue weighted by atomic mass is 9.91. The van der Waals surface area contributed by atoms with Crippen molar-refractivity contribution < 1.29 is 5.11 Å². The SMILES string of the molecule is CCCCCC1CNCC1CO. The second-order valence-electron chi connectivity index (χ2n) is 3.86. The normalized spacial score (nSPS) is 29.5. The summed E-state index contributed by atoms with van der Waals surface area (Å²) < 4.78 is 0. The van der Waals surface area contributed by atoms with Gasteiger partial charge in [0.25, 0.3) is 0 Å². The predicted octanol–water partition coefficient (Wildman–Crippen LogP) is 1.39. The van der Waals surface area contributed by atoms with E-state index < -0.39 is 0 Å². The summed E-state index contributed by atoms with van der Waals surface area (Å²) in [7, 11) is 0. The molecule has 0 bridgehead atoms. The molecule has 0 spiro atoms. The molecule has 0 aliphatic carbocycles. The molecule has 1 rings (SSSR count). The number of aliphatic hydroxyl groups excluding tert-OH is 1. The first-order valence-electron chi connectivity index (χ1n) is 5.20. The second kappa shape index (κ2) is 5.55. The van der Waals surface area contributed by atoms with E-state index >= 15 is 0 Å². The minimum absolute atomic E-state index is 0.365. The molecule has 0 amide bonds. The van der Waals surface area contributed by atoms with E-state index in [0.29, 0.717) is 12.5 Å². The lowest BCUT2D eigenvalue weighted by molar-refractivity contribution is 0.199. The Morgan fingerprint density at radius 2 is 2.00 bits per heavy atom. The van der Waals surface area contributed by atoms with E-state index in [9.17, 15) is 0 Å². The summed E-state index contributed by atoms with van der Waals surface area (Å²) >= 11 is 0. The molecule has 1 fully saturated rings. The molecule has 12 heavy (non-hydrogen) atoms. The Kier molecular flexibility index (Phi) is 4.62. The number of nitrogens with one attached hydrogen (secondary N) is 1. The fraction of sp³-hybridized carbons (Fsp3) is 1.00. The van der Waals surface area contributed by atoms with E-state index in [2.05, 4.69) is 12.2 Å². The molecule has 2 heteroatoms. The Balaban J connectivity index is 2.12. The van der Waals surface area contributed by atoms with Crippen molar-refractivity contribution in [3.8, 4) is 0 Å². The summed E-state index contributed by atoms with van der Waals surface area (Å²) in [6, 6.07) is 0. The Morgan fingerprint density at radius 3 is 2.67 bits per heavy atom. The van der Waals surface area contributed by atoms with Crippen LogP contribution < -0.4 is 5.32 Å². The van der Waals surface area contributed by atoms with Crippen LogP contribution in [-0.4, -0.2) is 24.8 Å². The largest absolute Gasteiger partial charge is 0.396 e. The maximum Gasteiger partial charge on any atom is 0.0474 e. The summed E-state index contributed by atoms with van der Waals surface area (Å²) in [5.74, 6) is 1.27. The fourth-order valence-electron chi connectivity index (χ4n) is 2.00. The van der Waals surface area contributed by atoms with Gasteiger partial charge in [-0.3, -0.25) is 0 Å². The molecule has 0 radical (unpaired) electrons. The summed E-state index contributed by atoms with van der Waals surface area (Å²) in [5.41, 5.74) is 0. The van der Waals surface area contributed by atoms with E-state index in [4.69, 9.17) is 5.11 Å². The zero-order valence-corrected chi connectivity index (χ0v) is 8.05. The topological polar surface area (TPSA) is 32.3 Å². The van der Waals surface area contributed by atoms with E-state index in [1.54, 1.807) is 0 Å². The summed E-state index contributed by atoms with van der Waals surface area (Å²) in [4.78, 5) is 0. The average Bonchev–Trinajstić information content (AvgIpc) is 2.52. The van der Waals surface area contributed by atoms with Crippen molar-refractivity contribution in [3.05, 3.63) is 0 Å². The monoisotopic (exact) mass is 171 g/mol. The lowest BCUT2D eigenvalue weighted by Gasteiger charge is -2.15. The van der Waals surface area contributed by atoms with Gasteiger partial charge in [0, 0.05) is 13.2 Å². The number of unbranched alkanes of at least 4 members (excludes halogenated alkanes) is 2. The van der Waals surface area contributed by atoms with Gasteiger partial charge < -0.3 is 10.4 Å². The Hall–Kier alpha value is -0.0800. The van der Waals surface area contributed by atoms with Crippen LogP contribution in [0.25, 0.3) is 0 Å². The zero-order chi connectivity index (χ0) is 8.81. The van der Waals surface area contributed by atoms with Crippen LogP contribution in [0.4, 0.5) is 0 Å². The molecule has 72 valence electrons. The van der Waals surface area contributed by atoms with Gasteiger partial charge in [-0.05, 0) is 24.8 Å². The molecule has 1 heterocycles. The third-order valence-electron chi connectivity index (χ3n) is 2.89. The number of hydrogen-bond donors (Lipinski definition) is 2. The van der Waals surface area contributed by atoms with Crippen molar-refractivity contribution in [2.75, 3.05) is 19.7 Å². The third kappa shape index (κ3) is 2.76. The smallest absolute Gasteiger partial charge is 0.0474 e. The van der Waals surface area contributed by atoms with Gasteiger partial charge in [-0.25, -0.2) is 0 Å². The minimum Gasteiger partial charge on any atom is -0.396 e. The molecule has 1 saturated heterocycles.